The third-order valence-corrected chi connectivity index (χ3v) is 2.73. The summed E-state index contributed by atoms with van der Waals surface area (Å²) >= 11 is 0. The van der Waals surface area contributed by atoms with Gasteiger partial charge in [-0.1, -0.05) is 24.3 Å². The minimum atomic E-state index is 0.203. The summed E-state index contributed by atoms with van der Waals surface area (Å²) in [6.07, 6.45) is 0. The molecule has 0 saturated carbocycles. The molecule has 0 bridgehead atoms. The Morgan fingerprint density at radius 1 is 1.31 bits per heavy atom. The zero-order valence-corrected chi connectivity index (χ0v) is 10.2. The van der Waals surface area contributed by atoms with Crippen LogP contribution < -0.4 is 5.73 Å². The second-order valence-electron chi connectivity index (χ2n) is 4.31. The Hall–Kier alpha value is -0.900. The zero-order chi connectivity index (χ0) is 12.0. The van der Waals surface area contributed by atoms with Crippen LogP contribution in [0.15, 0.2) is 24.3 Å². The molecular formula is C13H22N2O. The Balaban J connectivity index is 2.68. The Labute approximate surface area is 97.9 Å². The first-order valence-corrected chi connectivity index (χ1v) is 5.80. The predicted molar refractivity (Wildman–Crippen MR) is 67.0 cm³/mol. The number of hydrogen-bond donors (Lipinski definition) is 2. The summed E-state index contributed by atoms with van der Waals surface area (Å²) in [6.45, 7) is 6.64. The maximum Gasteiger partial charge on any atom is 0.0558 e. The van der Waals surface area contributed by atoms with E-state index in [1.54, 1.807) is 0 Å². The third-order valence-electron chi connectivity index (χ3n) is 2.73. The summed E-state index contributed by atoms with van der Waals surface area (Å²) in [4.78, 5) is 2.25. The van der Waals surface area contributed by atoms with Crippen molar-refractivity contribution in [2.75, 3.05) is 13.2 Å². The van der Waals surface area contributed by atoms with E-state index in [1.807, 2.05) is 12.1 Å². The first-order chi connectivity index (χ1) is 7.67. The average Bonchev–Trinajstić information content (AvgIpc) is 2.28. The van der Waals surface area contributed by atoms with E-state index in [-0.39, 0.29) is 6.61 Å². The van der Waals surface area contributed by atoms with Crippen LogP contribution in [0.5, 0.6) is 0 Å². The summed E-state index contributed by atoms with van der Waals surface area (Å²) in [5.41, 5.74) is 8.03. The largest absolute Gasteiger partial charge is 0.395 e. The van der Waals surface area contributed by atoms with Crippen molar-refractivity contribution in [1.29, 1.82) is 0 Å². The quantitative estimate of drug-likeness (QED) is 0.764. The van der Waals surface area contributed by atoms with E-state index in [2.05, 4.69) is 30.9 Å². The van der Waals surface area contributed by atoms with E-state index in [1.165, 1.54) is 5.56 Å². The number of benzene rings is 1. The Morgan fingerprint density at radius 3 is 2.56 bits per heavy atom. The fourth-order valence-corrected chi connectivity index (χ4v) is 1.74. The Kier molecular flexibility index (Phi) is 5.46. The van der Waals surface area contributed by atoms with E-state index >= 15 is 0 Å². The average molecular weight is 222 g/mol. The van der Waals surface area contributed by atoms with Crippen LogP contribution in [0, 0.1) is 0 Å². The number of aliphatic hydroxyl groups is 1. The van der Waals surface area contributed by atoms with Crippen LogP contribution >= 0.6 is 0 Å². The third kappa shape index (κ3) is 3.93. The van der Waals surface area contributed by atoms with Crippen LogP contribution in [0.3, 0.4) is 0 Å². The lowest BCUT2D eigenvalue weighted by Crippen LogP contribution is -2.32. The normalized spacial score (nSPS) is 11.4. The predicted octanol–water partition coefficient (Wildman–Crippen LogP) is 1.35. The molecule has 3 heteroatoms. The van der Waals surface area contributed by atoms with Gasteiger partial charge >= 0.3 is 0 Å². The van der Waals surface area contributed by atoms with Gasteiger partial charge in [-0.3, -0.25) is 4.90 Å². The lowest BCUT2D eigenvalue weighted by Gasteiger charge is -2.25. The second-order valence-corrected chi connectivity index (χ2v) is 4.31. The highest BCUT2D eigenvalue weighted by molar-refractivity contribution is 5.23. The van der Waals surface area contributed by atoms with Crippen molar-refractivity contribution in [3.05, 3.63) is 35.4 Å². The van der Waals surface area contributed by atoms with Gasteiger partial charge in [0.05, 0.1) is 6.61 Å². The van der Waals surface area contributed by atoms with Crippen LogP contribution in [-0.2, 0) is 13.1 Å². The van der Waals surface area contributed by atoms with E-state index in [9.17, 15) is 0 Å². The highest BCUT2D eigenvalue weighted by atomic mass is 16.3. The topological polar surface area (TPSA) is 49.5 Å². The first-order valence-electron chi connectivity index (χ1n) is 5.80. The van der Waals surface area contributed by atoms with Crippen molar-refractivity contribution in [2.45, 2.75) is 33.0 Å². The van der Waals surface area contributed by atoms with Gasteiger partial charge in [0.25, 0.3) is 0 Å². The van der Waals surface area contributed by atoms with E-state index in [4.69, 9.17) is 10.8 Å². The van der Waals surface area contributed by atoms with Crippen molar-refractivity contribution in [3.63, 3.8) is 0 Å². The molecule has 3 N–H and O–H groups in total. The first kappa shape index (κ1) is 13.2. The van der Waals surface area contributed by atoms with Crippen LogP contribution in [-0.4, -0.2) is 29.2 Å². The van der Waals surface area contributed by atoms with Gasteiger partial charge in [0.1, 0.15) is 0 Å². The van der Waals surface area contributed by atoms with Crippen LogP contribution in [0.1, 0.15) is 25.0 Å². The summed E-state index contributed by atoms with van der Waals surface area (Å²) in [5.74, 6) is 0. The fraction of sp³-hybridized carbons (Fsp3) is 0.538. The fourth-order valence-electron chi connectivity index (χ4n) is 1.74. The highest BCUT2D eigenvalue weighted by Crippen LogP contribution is 2.10. The minimum absolute atomic E-state index is 0.203. The number of aliphatic hydroxyl groups excluding tert-OH is 1. The molecule has 1 rings (SSSR count). The molecule has 0 atom stereocenters. The van der Waals surface area contributed by atoms with Gasteiger partial charge in [0.15, 0.2) is 0 Å². The van der Waals surface area contributed by atoms with Gasteiger partial charge < -0.3 is 10.8 Å². The molecule has 1 aromatic rings. The maximum atomic E-state index is 9.00. The molecule has 0 aromatic heterocycles. The molecule has 0 spiro atoms. The summed E-state index contributed by atoms with van der Waals surface area (Å²) in [7, 11) is 0. The Morgan fingerprint density at radius 2 is 2.00 bits per heavy atom. The van der Waals surface area contributed by atoms with Gasteiger partial charge in [0.2, 0.25) is 0 Å². The molecule has 0 aliphatic carbocycles. The van der Waals surface area contributed by atoms with Crippen molar-refractivity contribution in [3.8, 4) is 0 Å². The van der Waals surface area contributed by atoms with E-state index in [0.717, 1.165) is 12.1 Å². The molecule has 0 saturated heterocycles. The molecule has 0 aliphatic rings. The molecule has 0 radical (unpaired) electrons. The van der Waals surface area contributed by atoms with Crippen molar-refractivity contribution >= 4 is 0 Å². The monoisotopic (exact) mass is 222 g/mol. The lowest BCUT2D eigenvalue weighted by atomic mass is 10.1. The number of rotatable bonds is 6. The summed E-state index contributed by atoms with van der Waals surface area (Å²) < 4.78 is 0. The number of nitrogens with two attached hydrogens (primary N) is 1. The number of nitrogens with zero attached hydrogens (tertiary/aromatic N) is 1. The van der Waals surface area contributed by atoms with Crippen LogP contribution in [0.4, 0.5) is 0 Å². The summed E-state index contributed by atoms with van der Waals surface area (Å²) in [5, 5.41) is 9.00. The van der Waals surface area contributed by atoms with E-state index < -0.39 is 0 Å². The SMILES string of the molecule is CC(C)N(CCO)Cc1cccc(CN)c1. The smallest absolute Gasteiger partial charge is 0.0558 e. The molecule has 0 fully saturated rings. The number of hydrogen-bond acceptors (Lipinski definition) is 3. The van der Waals surface area contributed by atoms with Gasteiger partial charge in [-0.15, -0.1) is 0 Å². The molecule has 3 nitrogen and oxygen atoms in total. The molecule has 0 amide bonds. The van der Waals surface area contributed by atoms with Gasteiger partial charge in [-0.25, -0.2) is 0 Å². The van der Waals surface area contributed by atoms with Gasteiger partial charge in [-0.2, -0.15) is 0 Å². The molecule has 0 unspecified atom stereocenters. The minimum Gasteiger partial charge on any atom is -0.395 e. The Bertz CT molecular complexity index is 313. The van der Waals surface area contributed by atoms with Crippen molar-refractivity contribution in [2.24, 2.45) is 5.73 Å². The van der Waals surface area contributed by atoms with Gasteiger partial charge in [-0.05, 0) is 25.0 Å². The molecule has 1 aromatic carbocycles. The zero-order valence-electron chi connectivity index (χ0n) is 10.2. The van der Waals surface area contributed by atoms with Crippen LogP contribution in [0.2, 0.25) is 0 Å². The second kappa shape index (κ2) is 6.63. The molecular weight excluding hydrogens is 200 g/mol. The van der Waals surface area contributed by atoms with Crippen molar-refractivity contribution < 1.29 is 5.11 Å². The molecule has 90 valence electrons. The van der Waals surface area contributed by atoms with Crippen LogP contribution in [0.25, 0.3) is 0 Å². The van der Waals surface area contributed by atoms with Gasteiger partial charge in [0, 0.05) is 25.7 Å². The maximum absolute atomic E-state index is 9.00. The van der Waals surface area contributed by atoms with E-state index in [0.29, 0.717) is 19.1 Å². The molecule has 0 heterocycles. The lowest BCUT2D eigenvalue weighted by molar-refractivity contribution is 0.159. The molecule has 16 heavy (non-hydrogen) atoms. The highest BCUT2D eigenvalue weighted by Gasteiger charge is 2.09. The van der Waals surface area contributed by atoms with Crippen molar-refractivity contribution in [1.82, 2.24) is 4.90 Å². The standard InChI is InChI=1S/C13H22N2O/c1-11(2)15(6-7-16)10-13-5-3-4-12(8-13)9-14/h3-5,8,11,16H,6-7,9-10,14H2,1-2H3. The molecule has 0 aliphatic heterocycles. The summed E-state index contributed by atoms with van der Waals surface area (Å²) in [6, 6.07) is 8.75.